The number of fused-ring (bicyclic) bond motifs is 3. The van der Waals surface area contributed by atoms with Crippen LogP contribution in [0.25, 0.3) is 0 Å². The molecule has 3 nitrogen and oxygen atoms in total. The van der Waals surface area contributed by atoms with Crippen molar-refractivity contribution >= 4 is 11.6 Å². The van der Waals surface area contributed by atoms with Crippen LogP contribution in [0.15, 0.2) is 0 Å². The molecule has 3 aliphatic rings. The minimum atomic E-state index is -0.679. The Morgan fingerprint density at radius 1 is 1.29 bits per heavy atom. The van der Waals surface area contributed by atoms with Crippen molar-refractivity contribution in [2.24, 2.45) is 17.8 Å². The Labute approximate surface area is 102 Å². The topological polar surface area (TPSA) is 46.7 Å². The second-order valence-corrected chi connectivity index (χ2v) is 6.25. The van der Waals surface area contributed by atoms with Crippen LogP contribution in [0.5, 0.6) is 0 Å². The number of epoxide rings is 1. The molecule has 1 aliphatic heterocycles. The highest BCUT2D eigenvalue weighted by Crippen LogP contribution is 2.64. The zero-order chi connectivity index (χ0) is 12.4. The zero-order valence-corrected chi connectivity index (χ0v) is 10.8. The average molecular weight is 236 g/mol. The zero-order valence-electron chi connectivity index (χ0n) is 10.8. The first kappa shape index (κ1) is 11.4. The molecule has 0 spiro atoms. The van der Waals surface area contributed by atoms with Gasteiger partial charge >= 0.3 is 0 Å². The van der Waals surface area contributed by atoms with E-state index in [-0.39, 0.29) is 23.1 Å². The maximum absolute atomic E-state index is 12.4. The smallest absolute Gasteiger partial charge is 0.178 e. The summed E-state index contributed by atoms with van der Waals surface area (Å²) in [6.45, 7) is 5.49. The van der Waals surface area contributed by atoms with Gasteiger partial charge in [-0.15, -0.1) is 0 Å². The third-order valence-corrected chi connectivity index (χ3v) is 5.47. The number of carbonyl (C=O) groups is 2. The second kappa shape index (κ2) is 3.19. The molecule has 0 bridgehead atoms. The number of hydrogen-bond acceptors (Lipinski definition) is 3. The third kappa shape index (κ3) is 1.21. The van der Waals surface area contributed by atoms with Crippen LogP contribution in [-0.2, 0) is 14.3 Å². The fraction of sp³-hybridized carbons (Fsp3) is 0.857. The lowest BCUT2D eigenvalue weighted by atomic mass is 9.57. The Morgan fingerprint density at radius 3 is 2.59 bits per heavy atom. The molecule has 17 heavy (non-hydrogen) atoms. The van der Waals surface area contributed by atoms with Gasteiger partial charge in [-0.05, 0) is 45.4 Å². The minimum Gasteiger partial charge on any atom is -0.354 e. The van der Waals surface area contributed by atoms with E-state index in [1.807, 2.05) is 6.92 Å². The summed E-state index contributed by atoms with van der Waals surface area (Å²) in [7, 11) is 0. The number of ether oxygens (including phenoxy) is 1. The Kier molecular flexibility index (Phi) is 2.14. The molecular weight excluding hydrogens is 216 g/mol. The molecule has 94 valence electrons. The van der Waals surface area contributed by atoms with Crippen LogP contribution in [0.1, 0.15) is 46.5 Å². The van der Waals surface area contributed by atoms with Crippen molar-refractivity contribution in [1.29, 1.82) is 0 Å². The van der Waals surface area contributed by atoms with Gasteiger partial charge in [0.2, 0.25) is 0 Å². The molecule has 0 aromatic heterocycles. The summed E-state index contributed by atoms with van der Waals surface area (Å²) < 4.78 is 5.81. The normalized spacial score (nSPS) is 52.6. The maximum atomic E-state index is 12.4. The summed E-state index contributed by atoms with van der Waals surface area (Å²) in [4.78, 5) is 24.2. The lowest BCUT2D eigenvalue weighted by Gasteiger charge is -2.42. The molecule has 2 aliphatic carbocycles. The number of hydrogen-bond donors (Lipinski definition) is 0. The number of rotatable bonds is 1. The molecule has 5 unspecified atom stereocenters. The summed E-state index contributed by atoms with van der Waals surface area (Å²) in [5.41, 5.74) is -0.969. The Balaban J connectivity index is 2.02. The lowest BCUT2D eigenvalue weighted by molar-refractivity contribution is -0.140. The van der Waals surface area contributed by atoms with E-state index in [2.05, 4.69) is 6.92 Å². The number of ketones is 2. The predicted octanol–water partition coefficient (Wildman–Crippen LogP) is 2.13. The lowest BCUT2D eigenvalue weighted by Crippen LogP contribution is -2.53. The van der Waals surface area contributed by atoms with Crippen molar-refractivity contribution in [3.63, 3.8) is 0 Å². The molecule has 1 heterocycles. The summed E-state index contributed by atoms with van der Waals surface area (Å²) in [5, 5.41) is 0. The molecule has 0 amide bonds. The molecule has 3 heteroatoms. The first-order chi connectivity index (χ1) is 7.92. The molecule has 2 saturated carbocycles. The van der Waals surface area contributed by atoms with E-state index in [1.165, 1.54) is 6.42 Å². The molecular formula is C14H20O3. The molecule has 3 rings (SSSR count). The van der Waals surface area contributed by atoms with E-state index in [0.29, 0.717) is 5.92 Å². The minimum absolute atomic E-state index is 0.0330. The van der Waals surface area contributed by atoms with Gasteiger partial charge in [0.15, 0.2) is 11.4 Å². The molecule has 0 radical (unpaired) electrons. The van der Waals surface area contributed by atoms with Gasteiger partial charge in [-0.1, -0.05) is 12.8 Å². The van der Waals surface area contributed by atoms with Gasteiger partial charge in [0.05, 0.1) is 5.92 Å². The average Bonchev–Trinajstić information content (AvgIpc) is 2.85. The van der Waals surface area contributed by atoms with Crippen LogP contribution >= 0.6 is 0 Å². The van der Waals surface area contributed by atoms with E-state index in [0.717, 1.165) is 19.3 Å². The van der Waals surface area contributed by atoms with E-state index in [1.54, 1.807) is 6.92 Å². The monoisotopic (exact) mass is 236 g/mol. The van der Waals surface area contributed by atoms with Crippen LogP contribution in [0.4, 0.5) is 0 Å². The largest absolute Gasteiger partial charge is 0.354 e. The Hall–Kier alpha value is -0.700. The maximum Gasteiger partial charge on any atom is 0.178 e. The van der Waals surface area contributed by atoms with E-state index in [9.17, 15) is 9.59 Å². The molecule has 0 aromatic rings. The standard InChI is InChI=1S/C14H20O3/c1-8(15)11-9-6-4-5-7-10(9)13(2)14(3,17-13)12(11)16/h9-11H,4-7H2,1-3H3. The highest BCUT2D eigenvalue weighted by molar-refractivity contribution is 6.08. The van der Waals surface area contributed by atoms with Crippen LogP contribution in [0.3, 0.4) is 0 Å². The molecule has 5 atom stereocenters. The van der Waals surface area contributed by atoms with Gasteiger partial charge in [0.25, 0.3) is 0 Å². The fourth-order valence-electron chi connectivity index (χ4n) is 4.34. The summed E-state index contributed by atoms with van der Waals surface area (Å²) in [5.74, 6) is 0.296. The van der Waals surface area contributed by atoms with Crippen LogP contribution < -0.4 is 0 Å². The number of Topliss-reactive ketones (excluding diaryl/α,β-unsaturated/α-hetero) is 2. The Morgan fingerprint density at radius 2 is 1.94 bits per heavy atom. The molecule has 1 saturated heterocycles. The van der Waals surface area contributed by atoms with Crippen molar-refractivity contribution in [3.8, 4) is 0 Å². The van der Waals surface area contributed by atoms with E-state index < -0.39 is 11.5 Å². The highest BCUT2D eigenvalue weighted by atomic mass is 16.6. The molecule has 0 N–H and O–H groups in total. The van der Waals surface area contributed by atoms with E-state index in [4.69, 9.17) is 4.74 Å². The first-order valence-corrected chi connectivity index (χ1v) is 6.67. The first-order valence-electron chi connectivity index (χ1n) is 6.67. The molecule has 3 fully saturated rings. The quantitative estimate of drug-likeness (QED) is 0.517. The van der Waals surface area contributed by atoms with Crippen molar-refractivity contribution in [3.05, 3.63) is 0 Å². The van der Waals surface area contributed by atoms with Gasteiger partial charge in [-0.3, -0.25) is 9.59 Å². The van der Waals surface area contributed by atoms with Crippen molar-refractivity contribution in [2.75, 3.05) is 0 Å². The highest BCUT2D eigenvalue weighted by Gasteiger charge is 2.77. The van der Waals surface area contributed by atoms with Gasteiger partial charge in [0.1, 0.15) is 11.4 Å². The summed E-state index contributed by atoms with van der Waals surface area (Å²) in [6, 6.07) is 0. The van der Waals surface area contributed by atoms with Crippen LogP contribution in [0, 0.1) is 17.8 Å². The Bertz CT molecular complexity index is 402. The fourth-order valence-corrected chi connectivity index (χ4v) is 4.34. The van der Waals surface area contributed by atoms with Crippen molar-refractivity contribution < 1.29 is 14.3 Å². The van der Waals surface area contributed by atoms with E-state index >= 15 is 0 Å². The van der Waals surface area contributed by atoms with Crippen molar-refractivity contribution in [2.45, 2.75) is 57.7 Å². The SMILES string of the molecule is CC(=O)C1C(=O)C2(C)OC2(C)C2CCCCC12. The van der Waals surface area contributed by atoms with Crippen molar-refractivity contribution in [1.82, 2.24) is 0 Å². The summed E-state index contributed by atoms with van der Waals surface area (Å²) >= 11 is 0. The van der Waals surface area contributed by atoms with Gasteiger partial charge < -0.3 is 4.74 Å². The van der Waals surface area contributed by atoms with Gasteiger partial charge in [-0.2, -0.15) is 0 Å². The summed E-state index contributed by atoms with van der Waals surface area (Å²) in [6.07, 6.45) is 4.46. The number of carbonyl (C=O) groups excluding carboxylic acids is 2. The predicted molar refractivity (Wildman–Crippen MR) is 62.5 cm³/mol. The van der Waals surface area contributed by atoms with Crippen LogP contribution in [0.2, 0.25) is 0 Å². The van der Waals surface area contributed by atoms with Gasteiger partial charge in [-0.25, -0.2) is 0 Å². The second-order valence-electron chi connectivity index (χ2n) is 6.25. The van der Waals surface area contributed by atoms with Gasteiger partial charge in [0, 0.05) is 0 Å². The third-order valence-electron chi connectivity index (χ3n) is 5.47. The van der Waals surface area contributed by atoms with Crippen LogP contribution in [-0.4, -0.2) is 22.8 Å². The molecule has 0 aromatic carbocycles.